The molecule has 0 radical (unpaired) electrons. The summed E-state index contributed by atoms with van der Waals surface area (Å²) in [5, 5.41) is 10.6. The molecule has 6 nitrogen and oxygen atoms in total. The molecule has 2 N–H and O–H groups in total. The quantitative estimate of drug-likeness (QED) is 0.429. The number of nitrogens with zero attached hydrogens (tertiary/aromatic N) is 2. The standard InChI is InChI=1S/C14H26N4O2/c1-5-12-11(13(6-2)20-18-12)10-17-14(15-3)16-8-7-9-19-4/h5-10H2,1-4H3,(H2,15,16,17). The molecule has 1 heterocycles. The number of hydrogen-bond acceptors (Lipinski definition) is 4. The molecule has 0 fully saturated rings. The van der Waals surface area contributed by atoms with Crippen LogP contribution in [-0.2, 0) is 24.1 Å². The molecule has 1 aromatic heterocycles. The Morgan fingerprint density at radius 2 is 2.10 bits per heavy atom. The molecule has 0 saturated carbocycles. The second-order valence-electron chi connectivity index (χ2n) is 4.44. The molecule has 6 heteroatoms. The molecule has 0 bridgehead atoms. The molecule has 0 aromatic carbocycles. The average molecular weight is 282 g/mol. The fourth-order valence-electron chi connectivity index (χ4n) is 1.95. The molecule has 0 unspecified atom stereocenters. The van der Waals surface area contributed by atoms with Crippen LogP contribution in [0, 0.1) is 0 Å². The summed E-state index contributed by atoms with van der Waals surface area (Å²) in [7, 11) is 3.47. The Labute approximate surface area is 121 Å². The van der Waals surface area contributed by atoms with Gasteiger partial charge in [0.05, 0.1) is 5.69 Å². The van der Waals surface area contributed by atoms with E-state index >= 15 is 0 Å². The maximum absolute atomic E-state index is 5.35. The highest BCUT2D eigenvalue weighted by molar-refractivity contribution is 5.79. The molecule has 0 amide bonds. The monoisotopic (exact) mass is 282 g/mol. The van der Waals surface area contributed by atoms with Gasteiger partial charge in [0.25, 0.3) is 0 Å². The van der Waals surface area contributed by atoms with Crippen LogP contribution in [0.1, 0.15) is 37.3 Å². The van der Waals surface area contributed by atoms with Crippen LogP contribution in [0.25, 0.3) is 0 Å². The van der Waals surface area contributed by atoms with Crippen LogP contribution in [0.5, 0.6) is 0 Å². The van der Waals surface area contributed by atoms with Gasteiger partial charge in [-0.1, -0.05) is 19.0 Å². The van der Waals surface area contributed by atoms with Gasteiger partial charge in [-0.15, -0.1) is 0 Å². The maximum Gasteiger partial charge on any atom is 0.191 e. The summed E-state index contributed by atoms with van der Waals surface area (Å²) < 4.78 is 10.4. The van der Waals surface area contributed by atoms with Gasteiger partial charge in [0.15, 0.2) is 5.96 Å². The summed E-state index contributed by atoms with van der Waals surface area (Å²) in [6.45, 7) is 6.41. The van der Waals surface area contributed by atoms with Crippen molar-refractivity contribution in [1.29, 1.82) is 0 Å². The van der Waals surface area contributed by atoms with Crippen molar-refractivity contribution in [1.82, 2.24) is 15.8 Å². The summed E-state index contributed by atoms with van der Waals surface area (Å²) in [6.07, 6.45) is 2.68. The Kier molecular flexibility index (Phi) is 7.72. The highest BCUT2D eigenvalue weighted by Gasteiger charge is 2.13. The first kappa shape index (κ1) is 16.5. The third kappa shape index (κ3) is 4.85. The number of hydrogen-bond donors (Lipinski definition) is 2. The first-order valence-electron chi connectivity index (χ1n) is 7.16. The molecule has 1 aromatic rings. The topological polar surface area (TPSA) is 71.7 Å². The van der Waals surface area contributed by atoms with E-state index in [1.807, 2.05) is 0 Å². The van der Waals surface area contributed by atoms with Gasteiger partial charge in [0.1, 0.15) is 5.76 Å². The number of aryl methyl sites for hydroxylation is 2. The van der Waals surface area contributed by atoms with Gasteiger partial charge in [-0.05, 0) is 12.8 Å². The first-order valence-corrected chi connectivity index (χ1v) is 7.16. The molecule has 0 saturated heterocycles. The predicted molar refractivity (Wildman–Crippen MR) is 80.0 cm³/mol. The Balaban J connectivity index is 2.50. The number of aromatic nitrogens is 1. The molecule has 0 aliphatic rings. The highest BCUT2D eigenvalue weighted by Crippen LogP contribution is 2.15. The van der Waals surface area contributed by atoms with Crippen molar-refractivity contribution in [3.63, 3.8) is 0 Å². The average Bonchev–Trinajstić information content (AvgIpc) is 2.88. The predicted octanol–water partition coefficient (Wildman–Crippen LogP) is 1.50. The summed E-state index contributed by atoms with van der Waals surface area (Å²) >= 11 is 0. The second-order valence-corrected chi connectivity index (χ2v) is 4.44. The van der Waals surface area contributed by atoms with E-state index in [0.29, 0.717) is 6.54 Å². The van der Waals surface area contributed by atoms with Crippen molar-refractivity contribution < 1.29 is 9.26 Å². The number of ether oxygens (including phenoxy) is 1. The summed E-state index contributed by atoms with van der Waals surface area (Å²) in [6, 6.07) is 0. The van der Waals surface area contributed by atoms with E-state index in [1.54, 1.807) is 14.2 Å². The zero-order valence-corrected chi connectivity index (χ0v) is 13.0. The first-order chi connectivity index (χ1) is 9.76. The Morgan fingerprint density at radius 1 is 1.30 bits per heavy atom. The fraction of sp³-hybridized carbons (Fsp3) is 0.714. The molecule has 0 aliphatic carbocycles. The fourth-order valence-corrected chi connectivity index (χ4v) is 1.95. The van der Waals surface area contributed by atoms with Crippen LogP contribution in [0.15, 0.2) is 9.52 Å². The molecule has 0 aliphatic heterocycles. The molecule has 20 heavy (non-hydrogen) atoms. The number of methoxy groups -OCH3 is 1. The number of rotatable bonds is 8. The molecule has 114 valence electrons. The number of aliphatic imine (C=N–C) groups is 1. The van der Waals surface area contributed by atoms with Gasteiger partial charge < -0.3 is 19.9 Å². The normalized spacial score (nSPS) is 11.7. The van der Waals surface area contributed by atoms with Gasteiger partial charge in [-0.25, -0.2) is 0 Å². The lowest BCUT2D eigenvalue weighted by Crippen LogP contribution is -2.37. The number of nitrogens with one attached hydrogen (secondary N) is 2. The lowest BCUT2D eigenvalue weighted by Gasteiger charge is -2.11. The van der Waals surface area contributed by atoms with Gasteiger partial charge >= 0.3 is 0 Å². The zero-order valence-electron chi connectivity index (χ0n) is 13.0. The third-order valence-corrected chi connectivity index (χ3v) is 3.08. The van der Waals surface area contributed by atoms with E-state index in [1.165, 1.54) is 0 Å². The molecule has 0 atom stereocenters. The highest BCUT2D eigenvalue weighted by atomic mass is 16.5. The zero-order chi connectivity index (χ0) is 14.8. The minimum atomic E-state index is 0.680. The van der Waals surface area contributed by atoms with Crippen molar-refractivity contribution in [2.24, 2.45) is 4.99 Å². The van der Waals surface area contributed by atoms with Crippen LogP contribution in [0.2, 0.25) is 0 Å². The second kappa shape index (κ2) is 9.36. The molecular formula is C14H26N4O2. The van der Waals surface area contributed by atoms with Crippen LogP contribution < -0.4 is 10.6 Å². The lowest BCUT2D eigenvalue weighted by atomic mass is 10.1. The Hall–Kier alpha value is -1.56. The van der Waals surface area contributed by atoms with Crippen molar-refractivity contribution in [2.75, 3.05) is 27.3 Å². The Bertz CT molecular complexity index is 394. The molecular weight excluding hydrogens is 256 g/mol. The van der Waals surface area contributed by atoms with Crippen molar-refractivity contribution in [2.45, 2.75) is 39.7 Å². The molecule has 1 rings (SSSR count). The van der Waals surface area contributed by atoms with E-state index in [9.17, 15) is 0 Å². The third-order valence-electron chi connectivity index (χ3n) is 3.08. The van der Waals surface area contributed by atoms with Crippen LogP contribution in [0.3, 0.4) is 0 Å². The van der Waals surface area contributed by atoms with Gasteiger partial charge in [-0.3, -0.25) is 4.99 Å². The van der Waals surface area contributed by atoms with Gasteiger partial charge in [0.2, 0.25) is 0 Å². The molecule has 0 spiro atoms. The SMILES string of the molecule is CCc1noc(CC)c1CNC(=NC)NCCCOC. The van der Waals surface area contributed by atoms with Gasteiger partial charge in [0, 0.05) is 45.8 Å². The Morgan fingerprint density at radius 3 is 2.70 bits per heavy atom. The van der Waals surface area contributed by atoms with Crippen molar-refractivity contribution in [3.8, 4) is 0 Å². The van der Waals surface area contributed by atoms with Crippen molar-refractivity contribution >= 4 is 5.96 Å². The summed E-state index contributed by atoms with van der Waals surface area (Å²) in [5.41, 5.74) is 2.17. The van der Waals surface area contributed by atoms with E-state index in [-0.39, 0.29) is 0 Å². The van der Waals surface area contributed by atoms with Crippen LogP contribution >= 0.6 is 0 Å². The smallest absolute Gasteiger partial charge is 0.191 e. The minimum absolute atomic E-state index is 0.680. The van der Waals surface area contributed by atoms with E-state index in [0.717, 1.165) is 55.4 Å². The minimum Gasteiger partial charge on any atom is -0.385 e. The largest absolute Gasteiger partial charge is 0.385 e. The van der Waals surface area contributed by atoms with E-state index in [2.05, 4.69) is 34.6 Å². The number of guanidine groups is 1. The van der Waals surface area contributed by atoms with Gasteiger partial charge in [-0.2, -0.15) is 0 Å². The summed E-state index contributed by atoms with van der Waals surface area (Å²) in [5.74, 6) is 1.73. The van der Waals surface area contributed by atoms with E-state index in [4.69, 9.17) is 9.26 Å². The van der Waals surface area contributed by atoms with Crippen LogP contribution in [-0.4, -0.2) is 38.4 Å². The summed E-state index contributed by atoms with van der Waals surface area (Å²) in [4.78, 5) is 4.20. The van der Waals surface area contributed by atoms with Crippen LogP contribution in [0.4, 0.5) is 0 Å². The lowest BCUT2D eigenvalue weighted by molar-refractivity contribution is 0.195. The van der Waals surface area contributed by atoms with E-state index < -0.39 is 0 Å². The maximum atomic E-state index is 5.35. The van der Waals surface area contributed by atoms with Crippen molar-refractivity contribution in [3.05, 3.63) is 17.0 Å².